The third-order valence-electron chi connectivity index (χ3n) is 2.06. The van der Waals surface area contributed by atoms with Crippen molar-refractivity contribution in [3.05, 3.63) is 30.1 Å². The average Bonchev–Trinajstić information content (AvgIpc) is 2.72. The first kappa shape index (κ1) is 5.86. The minimum Gasteiger partial charge on any atom is -0.348 e. The molecule has 0 aliphatic heterocycles. The van der Waals surface area contributed by atoms with Crippen molar-refractivity contribution in [3.63, 3.8) is 0 Å². The van der Waals surface area contributed by atoms with Gasteiger partial charge in [0.2, 0.25) is 0 Å². The van der Waals surface area contributed by atoms with Crippen molar-refractivity contribution in [1.82, 2.24) is 4.98 Å². The SMILES string of the molecule is [NH3+]C1(c2ccccn2)CC1. The third kappa shape index (κ3) is 0.809. The van der Waals surface area contributed by atoms with Gasteiger partial charge in [0.05, 0.1) is 0 Å². The highest BCUT2D eigenvalue weighted by atomic mass is 14.9. The van der Waals surface area contributed by atoms with Crippen molar-refractivity contribution in [1.29, 1.82) is 0 Å². The maximum Gasteiger partial charge on any atom is 0.138 e. The van der Waals surface area contributed by atoms with Crippen LogP contribution >= 0.6 is 0 Å². The molecule has 0 saturated heterocycles. The van der Waals surface area contributed by atoms with Crippen LogP contribution in [0.2, 0.25) is 0 Å². The topological polar surface area (TPSA) is 40.5 Å². The van der Waals surface area contributed by atoms with E-state index in [1.807, 2.05) is 18.3 Å². The lowest BCUT2D eigenvalue weighted by molar-refractivity contribution is -0.447. The molecule has 2 rings (SSSR count). The molecule has 52 valence electrons. The molecule has 10 heavy (non-hydrogen) atoms. The Morgan fingerprint density at radius 1 is 1.40 bits per heavy atom. The van der Waals surface area contributed by atoms with Gasteiger partial charge in [-0.05, 0) is 12.1 Å². The number of pyridine rings is 1. The molecule has 0 bridgehead atoms. The molecule has 1 heterocycles. The lowest BCUT2D eigenvalue weighted by atomic mass is 10.2. The van der Waals surface area contributed by atoms with E-state index in [4.69, 9.17) is 0 Å². The molecule has 1 aromatic heterocycles. The minimum atomic E-state index is 0.182. The summed E-state index contributed by atoms with van der Waals surface area (Å²) in [4.78, 5) is 4.25. The lowest BCUT2D eigenvalue weighted by Crippen LogP contribution is -2.61. The summed E-state index contributed by atoms with van der Waals surface area (Å²) in [5.41, 5.74) is 5.42. The number of rotatable bonds is 1. The van der Waals surface area contributed by atoms with Crippen LogP contribution in [0, 0.1) is 0 Å². The predicted molar refractivity (Wildman–Crippen MR) is 38.0 cm³/mol. The zero-order valence-corrected chi connectivity index (χ0v) is 5.88. The highest BCUT2D eigenvalue weighted by molar-refractivity contribution is 5.17. The van der Waals surface area contributed by atoms with Gasteiger partial charge < -0.3 is 5.73 Å². The van der Waals surface area contributed by atoms with E-state index in [0.29, 0.717) is 0 Å². The second kappa shape index (κ2) is 1.80. The molecule has 1 aromatic rings. The molecule has 1 aliphatic rings. The number of nitrogens with zero attached hydrogens (tertiary/aromatic N) is 1. The molecule has 1 fully saturated rings. The molecule has 1 aliphatic carbocycles. The Morgan fingerprint density at radius 3 is 2.70 bits per heavy atom. The number of hydrogen-bond donors (Lipinski definition) is 1. The highest BCUT2D eigenvalue weighted by Crippen LogP contribution is 2.38. The van der Waals surface area contributed by atoms with Gasteiger partial charge in [0.1, 0.15) is 11.2 Å². The van der Waals surface area contributed by atoms with Crippen LogP contribution in [0.25, 0.3) is 0 Å². The summed E-state index contributed by atoms with van der Waals surface area (Å²) in [7, 11) is 0. The molecule has 1 saturated carbocycles. The smallest absolute Gasteiger partial charge is 0.138 e. The second-order valence-electron chi connectivity index (χ2n) is 3.00. The predicted octanol–water partition coefficient (Wildman–Crippen LogP) is 0.313. The molecule has 0 atom stereocenters. The summed E-state index contributed by atoms with van der Waals surface area (Å²) in [6.07, 6.45) is 4.23. The zero-order chi connectivity index (χ0) is 7.03. The van der Waals surface area contributed by atoms with Crippen LogP contribution in [0.15, 0.2) is 24.4 Å². The first-order chi connectivity index (χ1) is 4.81. The maximum absolute atomic E-state index is 4.25. The number of hydrogen-bond acceptors (Lipinski definition) is 1. The molecule has 0 amide bonds. The van der Waals surface area contributed by atoms with Gasteiger partial charge in [-0.3, -0.25) is 4.98 Å². The van der Waals surface area contributed by atoms with Crippen molar-refractivity contribution in [2.24, 2.45) is 0 Å². The summed E-state index contributed by atoms with van der Waals surface area (Å²) < 4.78 is 0. The lowest BCUT2D eigenvalue weighted by Gasteiger charge is -2.01. The van der Waals surface area contributed by atoms with Crippen LogP contribution in [-0.2, 0) is 5.54 Å². The first-order valence-electron chi connectivity index (χ1n) is 3.58. The van der Waals surface area contributed by atoms with Gasteiger partial charge in [-0.2, -0.15) is 0 Å². The maximum atomic E-state index is 4.25. The van der Waals surface area contributed by atoms with E-state index in [0.717, 1.165) is 5.69 Å². The number of aromatic nitrogens is 1. The van der Waals surface area contributed by atoms with E-state index in [2.05, 4.69) is 16.8 Å². The summed E-state index contributed by atoms with van der Waals surface area (Å²) in [5, 5.41) is 0. The largest absolute Gasteiger partial charge is 0.348 e. The summed E-state index contributed by atoms with van der Waals surface area (Å²) >= 11 is 0. The van der Waals surface area contributed by atoms with Gasteiger partial charge in [0.15, 0.2) is 0 Å². The van der Waals surface area contributed by atoms with Crippen molar-refractivity contribution in [2.45, 2.75) is 18.4 Å². The van der Waals surface area contributed by atoms with E-state index in [1.165, 1.54) is 12.8 Å². The Labute approximate surface area is 60.1 Å². The average molecular weight is 135 g/mol. The standard InChI is InChI=1S/C8H10N2/c9-8(4-5-8)7-3-1-2-6-10-7/h1-3,6H,4-5,9H2/p+1. The van der Waals surface area contributed by atoms with Gasteiger partial charge in [-0.15, -0.1) is 0 Å². The second-order valence-corrected chi connectivity index (χ2v) is 3.00. The van der Waals surface area contributed by atoms with Crippen LogP contribution in [0.5, 0.6) is 0 Å². The Balaban J connectivity index is 2.35. The van der Waals surface area contributed by atoms with Crippen LogP contribution < -0.4 is 5.73 Å². The van der Waals surface area contributed by atoms with E-state index < -0.39 is 0 Å². The first-order valence-corrected chi connectivity index (χ1v) is 3.58. The molecular weight excluding hydrogens is 124 g/mol. The third-order valence-corrected chi connectivity index (χ3v) is 2.06. The fourth-order valence-corrected chi connectivity index (χ4v) is 1.08. The normalized spacial score (nSPS) is 20.5. The molecule has 0 spiro atoms. The molecule has 3 N–H and O–H groups in total. The van der Waals surface area contributed by atoms with Crippen molar-refractivity contribution in [3.8, 4) is 0 Å². The number of quaternary nitrogens is 1. The molecule has 2 heteroatoms. The molecular formula is C8H11N2+. The monoisotopic (exact) mass is 135 g/mol. The fourth-order valence-electron chi connectivity index (χ4n) is 1.08. The van der Waals surface area contributed by atoms with Gasteiger partial charge >= 0.3 is 0 Å². The van der Waals surface area contributed by atoms with Crippen LogP contribution in [0.3, 0.4) is 0 Å². The van der Waals surface area contributed by atoms with Gasteiger partial charge in [0, 0.05) is 19.0 Å². The summed E-state index contributed by atoms with van der Waals surface area (Å²) in [6.45, 7) is 0. The molecule has 2 nitrogen and oxygen atoms in total. The Kier molecular flexibility index (Phi) is 1.05. The summed E-state index contributed by atoms with van der Waals surface area (Å²) in [6, 6.07) is 6.02. The highest BCUT2D eigenvalue weighted by Gasteiger charge is 2.46. The van der Waals surface area contributed by atoms with Gasteiger partial charge in [0.25, 0.3) is 0 Å². The van der Waals surface area contributed by atoms with Crippen LogP contribution in [0.4, 0.5) is 0 Å². The quantitative estimate of drug-likeness (QED) is 0.591. The van der Waals surface area contributed by atoms with E-state index in [1.54, 1.807) is 0 Å². The molecule has 0 unspecified atom stereocenters. The minimum absolute atomic E-state index is 0.182. The Bertz CT molecular complexity index is 226. The van der Waals surface area contributed by atoms with E-state index in [-0.39, 0.29) is 5.54 Å². The summed E-state index contributed by atoms with van der Waals surface area (Å²) in [5.74, 6) is 0. The van der Waals surface area contributed by atoms with Crippen LogP contribution in [-0.4, -0.2) is 4.98 Å². The van der Waals surface area contributed by atoms with Gasteiger partial charge in [-0.1, -0.05) is 6.07 Å². The molecule has 0 radical (unpaired) electrons. The Hall–Kier alpha value is -0.890. The zero-order valence-electron chi connectivity index (χ0n) is 5.88. The van der Waals surface area contributed by atoms with Gasteiger partial charge in [-0.25, -0.2) is 0 Å². The van der Waals surface area contributed by atoms with E-state index >= 15 is 0 Å². The Morgan fingerprint density at radius 2 is 2.20 bits per heavy atom. The van der Waals surface area contributed by atoms with Crippen LogP contribution in [0.1, 0.15) is 18.5 Å². The van der Waals surface area contributed by atoms with Crippen molar-refractivity contribution in [2.75, 3.05) is 0 Å². The van der Waals surface area contributed by atoms with Crippen molar-refractivity contribution < 1.29 is 5.73 Å². The fraction of sp³-hybridized carbons (Fsp3) is 0.375. The molecule has 0 aromatic carbocycles. The van der Waals surface area contributed by atoms with Crippen molar-refractivity contribution >= 4 is 0 Å². The van der Waals surface area contributed by atoms with E-state index in [9.17, 15) is 0 Å².